The summed E-state index contributed by atoms with van der Waals surface area (Å²) in [5, 5.41) is 0. The summed E-state index contributed by atoms with van der Waals surface area (Å²) in [6.07, 6.45) is 8.30. The Bertz CT molecular complexity index is 448. The van der Waals surface area contributed by atoms with Gasteiger partial charge in [-0.2, -0.15) is 0 Å². The molecule has 1 aromatic rings. The smallest absolute Gasteiger partial charge is 0.251 e. The third-order valence-electron chi connectivity index (χ3n) is 3.37. The highest BCUT2D eigenvalue weighted by Gasteiger charge is 2.43. The Morgan fingerprint density at radius 1 is 1.18 bits per heavy atom. The highest BCUT2D eigenvalue weighted by atomic mass is 16.7. The zero-order chi connectivity index (χ0) is 11.7. The maximum atomic E-state index is 5.99. The zero-order valence-electron chi connectivity index (χ0n) is 9.82. The standard InChI is InChI=1S/C14H17NO2/c15-9-3-4-11-5-6-12-13(10-11)17-14(16-12)7-1-2-8-14/h3-6,10H,1-2,7-9,15H2/b4-3+. The van der Waals surface area contributed by atoms with E-state index < -0.39 is 0 Å². The number of ether oxygens (including phenoxy) is 2. The Kier molecular flexibility index (Phi) is 2.56. The summed E-state index contributed by atoms with van der Waals surface area (Å²) in [5.41, 5.74) is 6.55. The minimum atomic E-state index is -0.363. The molecule has 1 aliphatic heterocycles. The van der Waals surface area contributed by atoms with Crippen LogP contribution < -0.4 is 15.2 Å². The average Bonchev–Trinajstić information content (AvgIpc) is 2.92. The Hall–Kier alpha value is -1.48. The van der Waals surface area contributed by atoms with Gasteiger partial charge in [-0.25, -0.2) is 0 Å². The molecule has 3 rings (SSSR count). The van der Waals surface area contributed by atoms with Crippen LogP contribution >= 0.6 is 0 Å². The van der Waals surface area contributed by atoms with Crippen LogP contribution in [0, 0.1) is 0 Å². The monoisotopic (exact) mass is 231 g/mol. The third-order valence-corrected chi connectivity index (χ3v) is 3.37. The summed E-state index contributed by atoms with van der Waals surface area (Å²) >= 11 is 0. The molecule has 1 aromatic carbocycles. The second kappa shape index (κ2) is 4.08. The Morgan fingerprint density at radius 2 is 1.94 bits per heavy atom. The SMILES string of the molecule is NC/C=C/c1ccc2c(c1)OC1(CCCC1)O2. The second-order valence-corrected chi connectivity index (χ2v) is 4.67. The van der Waals surface area contributed by atoms with E-state index in [1.165, 1.54) is 12.8 Å². The van der Waals surface area contributed by atoms with Gasteiger partial charge in [-0.15, -0.1) is 0 Å². The topological polar surface area (TPSA) is 44.5 Å². The van der Waals surface area contributed by atoms with Gasteiger partial charge in [0.25, 0.3) is 5.79 Å². The van der Waals surface area contributed by atoms with E-state index in [1.807, 2.05) is 30.4 Å². The number of fused-ring (bicyclic) bond motifs is 1. The lowest BCUT2D eigenvalue weighted by molar-refractivity contribution is -0.0716. The molecule has 3 nitrogen and oxygen atoms in total. The van der Waals surface area contributed by atoms with Crippen LogP contribution in [0.25, 0.3) is 6.08 Å². The molecule has 0 unspecified atom stereocenters. The van der Waals surface area contributed by atoms with Crippen molar-refractivity contribution in [3.63, 3.8) is 0 Å². The van der Waals surface area contributed by atoms with Crippen molar-refractivity contribution in [1.29, 1.82) is 0 Å². The third kappa shape index (κ3) is 1.91. The van der Waals surface area contributed by atoms with Crippen molar-refractivity contribution in [2.24, 2.45) is 5.73 Å². The highest BCUT2D eigenvalue weighted by molar-refractivity contribution is 5.57. The predicted octanol–water partition coefficient (Wildman–Crippen LogP) is 2.70. The van der Waals surface area contributed by atoms with Crippen LogP contribution in [0.5, 0.6) is 11.5 Å². The van der Waals surface area contributed by atoms with E-state index in [4.69, 9.17) is 15.2 Å². The van der Waals surface area contributed by atoms with Crippen molar-refractivity contribution < 1.29 is 9.47 Å². The van der Waals surface area contributed by atoms with Gasteiger partial charge in [0, 0.05) is 19.4 Å². The van der Waals surface area contributed by atoms with Gasteiger partial charge in [0.2, 0.25) is 0 Å². The molecule has 1 spiro atoms. The van der Waals surface area contributed by atoms with Gasteiger partial charge in [-0.1, -0.05) is 18.2 Å². The van der Waals surface area contributed by atoms with E-state index in [2.05, 4.69) is 0 Å². The van der Waals surface area contributed by atoms with Crippen LogP contribution in [0.3, 0.4) is 0 Å². The van der Waals surface area contributed by atoms with E-state index in [-0.39, 0.29) is 5.79 Å². The van der Waals surface area contributed by atoms with E-state index in [0.29, 0.717) is 6.54 Å². The molecule has 3 heteroatoms. The van der Waals surface area contributed by atoms with Gasteiger partial charge >= 0.3 is 0 Å². The predicted molar refractivity (Wildman–Crippen MR) is 67.0 cm³/mol. The normalized spacial score (nSPS) is 20.5. The largest absolute Gasteiger partial charge is 0.448 e. The quantitative estimate of drug-likeness (QED) is 0.851. The number of rotatable bonds is 2. The maximum Gasteiger partial charge on any atom is 0.251 e. The van der Waals surface area contributed by atoms with Gasteiger partial charge in [0.05, 0.1) is 0 Å². The van der Waals surface area contributed by atoms with Crippen LogP contribution in [0.15, 0.2) is 24.3 Å². The molecule has 0 bridgehead atoms. The zero-order valence-corrected chi connectivity index (χ0v) is 9.82. The van der Waals surface area contributed by atoms with E-state index >= 15 is 0 Å². The Morgan fingerprint density at radius 3 is 2.71 bits per heavy atom. The first kappa shape index (κ1) is 10.7. The molecule has 1 saturated carbocycles. The summed E-state index contributed by atoms with van der Waals surface area (Å²) in [7, 11) is 0. The van der Waals surface area contributed by atoms with Gasteiger partial charge in [0.1, 0.15) is 0 Å². The summed E-state index contributed by atoms with van der Waals surface area (Å²) in [6, 6.07) is 6.04. The van der Waals surface area contributed by atoms with Gasteiger partial charge in [-0.3, -0.25) is 0 Å². The maximum absolute atomic E-state index is 5.99. The fraction of sp³-hybridized carbons (Fsp3) is 0.429. The fourth-order valence-electron chi connectivity index (χ4n) is 2.54. The van der Waals surface area contributed by atoms with Crippen molar-refractivity contribution in [3.8, 4) is 11.5 Å². The molecule has 1 aliphatic carbocycles. The fourth-order valence-corrected chi connectivity index (χ4v) is 2.54. The first-order chi connectivity index (χ1) is 8.31. The molecule has 90 valence electrons. The van der Waals surface area contributed by atoms with Crippen molar-refractivity contribution in [3.05, 3.63) is 29.8 Å². The average molecular weight is 231 g/mol. The molecule has 1 fully saturated rings. The second-order valence-electron chi connectivity index (χ2n) is 4.67. The molecule has 1 heterocycles. The Balaban J connectivity index is 1.85. The molecule has 0 saturated heterocycles. The van der Waals surface area contributed by atoms with Gasteiger partial charge < -0.3 is 15.2 Å². The summed E-state index contributed by atoms with van der Waals surface area (Å²) in [5.74, 6) is 1.38. The van der Waals surface area contributed by atoms with E-state index in [0.717, 1.165) is 29.9 Å². The number of hydrogen-bond acceptors (Lipinski definition) is 3. The van der Waals surface area contributed by atoms with Crippen molar-refractivity contribution in [2.45, 2.75) is 31.5 Å². The van der Waals surface area contributed by atoms with Crippen molar-refractivity contribution >= 4 is 6.08 Å². The summed E-state index contributed by atoms with van der Waals surface area (Å²) in [6.45, 7) is 0.554. The van der Waals surface area contributed by atoms with E-state index in [1.54, 1.807) is 0 Å². The molecule has 0 atom stereocenters. The molecule has 2 N–H and O–H groups in total. The summed E-state index contributed by atoms with van der Waals surface area (Å²) in [4.78, 5) is 0. The molecule has 17 heavy (non-hydrogen) atoms. The van der Waals surface area contributed by atoms with Crippen LogP contribution in [0.1, 0.15) is 31.2 Å². The first-order valence-corrected chi connectivity index (χ1v) is 6.20. The van der Waals surface area contributed by atoms with Crippen molar-refractivity contribution in [1.82, 2.24) is 0 Å². The molecule has 0 aromatic heterocycles. The lowest BCUT2D eigenvalue weighted by Crippen LogP contribution is -2.34. The van der Waals surface area contributed by atoms with Crippen molar-refractivity contribution in [2.75, 3.05) is 6.54 Å². The van der Waals surface area contributed by atoms with Crippen LogP contribution in [0.2, 0.25) is 0 Å². The highest BCUT2D eigenvalue weighted by Crippen LogP contribution is 2.46. The first-order valence-electron chi connectivity index (χ1n) is 6.20. The molecule has 2 aliphatic rings. The lowest BCUT2D eigenvalue weighted by Gasteiger charge is -2.21. The van der Waals surface area contributed by atoms with Crippen LogP contribution in [-0.2, 0) is 0 Å². The molecule has 0 radical (unpaired) electrons. The van der Waals surface area contributed by atoms with Crippen LogP contribution in [-0.4, -0.2) is 12.3 Å². The summed E-state index contributed by atoms with van der Waals surface area (Å²) < 4.78 is 11.9. The number of hydrogen-bond donors (Lipinski definition) is 1. The van der Waals surface area contributed by atoms with Gasteiger partial charge in [-0.05, 0) is 30.5 Å². The minimum absolute atomic E-state index is 0.363. The number of nitrogens with two attached hydrogens (primary N) is 1. The molecule has 0 amide bonds. The minimum Gasteiger partial charge on any atom is -0.448 e. The number of benzene rings is 1. The van der Waals surface area contributed by atoms with Gasteiger partial charge in [0.15, 0.2) is 11.5 Å². The lowest BCUT2D eigenvalue weighted by atomic mass is 10.2. The van der Waals surface area contributed by atoms with Crippen LogP contribution in [0.4, 0.5) is 0 Å². The molecular weight excluding hydrogens is 214 g/mol. The Labute approximate surface area is 101 Å². The van der Waals surface area contributed by atoms with E-state index in [9.17, 15) is 0 Å². The molecular formula is C14H17NO2.